The highest BCUT2D eigenvalue weighted by Gasteiger charge is 2.17. The number of aromatic nitrogens is 3. The van der Waals surface area contributed by atoms with Crippen LogP contribution in [-0.2, 0) is 6.42 Å². The number of rotatable bonds is 2. The minimum absolute atomic E-state index is 0.663. The highest BCUT2D eigenvalue weighted by Crippen LogP contribution is 2.31. The maximum atomic E-state index is 5.85. The lowest BCUT2D eigenvalue weighted by Crippen LogP contribution is -2.44. The van der Waals surface area contributed by atoms with E-state index in [0.29, 0.717) is 11.5 Å². The van der Waals surface area contributed by atoms with Crippen molar-refractivity contribution in [2.24, 2.45) is 10.7 Å². The van der Waals surface area contributed by atoms with Gasteiger partial charge in [0.15, 0.2) is 5.65 Å². The number of likely N-dealkylation sites (N-methyl/N-ethyl adjacent to an activating group) is 1. The van der Waals surface area contributed by atoms with E-state index in [2.05, 4.69) is 39.0 Å². The summed E-state index contributed by atoms with van der Waals surface area (Å²) in [6.45, 7) is 3.99. The van der Waals surface area contributed by atoms with E-state index < -0.39 is 0 Å². The van der Waals surface area contributed by atoms with Crippen LogP contribution in [0.5, 0.6) is 0 Å². The van der Waals surface area contributed by atoms with Gasteiger partial charge in [-0.1, -0.05) is 12.1 Å². The monoisotopic (exact) mass is 359 g/mol. The van der Waals surface area contributed by atoms with E-state index in [4.69, 9.17) is 15.7 Å². The van der Waals surface area contributed by atoms with Crippen molar-refractivity contribution in [2.75, 3.05) is 38.1 Å². The predicted octanol–water partition coefficient (Wildman–Crippen LogP) is 1.99. The molecule has 0 amide bonds. The van der Waals surface area contributed by atoms with Crippen LogP contribution in [0.4, 0.5) is 11.5 Å². The maximum absolute atomic E-state index is 5.85. The van der Waals surface area contributed by atoms with Gasteiger partial charge in [-0.05, 0) is 30.8 Å². The fourth-order valence-corrected chi connectivity index (χ4v) is 3.60. The number of aliphatic imine (C=N–C) groups is 1. The van der Waals surface area contributed by atoms with Crippen LogP contribution in [0.25, 0.3) is 22.4 Å². The molecule has 0 saturated carbocycles. The molecule has 2 aliphatic heterocycles. The van der Waals surface area contributed by atoms with Gasteiger partial charge in [0.05, 0.1) is 17.6 Å². The van der Waals surface area contributed by atoms with Crippen molar-refractivity contribution in [3.05, 3.63) is 42.1 Å². The zero-order valence-electron chi connectivity index (χ0n) is 15.3. The van der Waals surface area contributed by atoms with Gasteiger partial charge < -0.3 is 15.5 Å². The van der Waals surface area contributed by atoms with Crippen molar-refractivity contribution in [3.63, 3.8) is 0 Å². The van der Waals surface area contributed by atoms with Gasteiger partial charge in [0.25, 0.3) is 0 Å². The molecule has 3 aromatic rings. The second kappa shape index (κ2) is 6.28. The normalized spacial score (nSPS) is 17.2. The van der Waals surface area contributed by atoms with Crippen molar-refractivity contribution in [3.8, 4) is 11.3 Å². The SMILES string of the molecule is CN1CCN(c2cnc3ccc(-c4ccc5c(c4)N=C(N)C5)nc3n2)CC1. The molecule has 2 N–H and O–H groups in total. The van der Waals surface area contributed by atoms with Gasteiger partial charge in [-0.15, -0.1) is 0 Å². The summed E-state index contributed by atoms with van der Waals surface area (Å²) in [7, 11) is 2.14. The second-order valence-electron chi connectivity index (χ2n) is 7.18. The minimum Gasteiger partial charge on any atom is -0.387 e. The number of amidine groups is 1. The van der Waals surface area contributed by atoms with Gasteiger partial charge >= 0.3 is 0 Å². The average molecular weight is 359 g/mol. The van der Waals surface area contributed by atoms with Crippen molar-refractivity contribution in [2.45, 2.75) is 6.42 Å². The molecule has 27 heavy (non-hydrogen) atoms. The number of hydrogen-bond acceptors (Lipinski definition) is 7. The highest BCUT2D eigenvalue weighted by atomic mass is 15.3. The summed E-state index contributed by atoms with van der Waals surface area (Å²) in [5.74, 6) is 1.56. The predicted molar refractivity (Wildman–Crippen MR) is 107 cm³/mol. The number of pyridine rings is 1. The van der Waals surface area contributed by atoms with E-state index in [1.54, 1.807) is 0 Å². The summed E-state index contributed by atoms with van der Waals surface area (Å²) in [6, 6.07) is 10.1. The largest absolute Gasteiger partial charge is 0.387 e. The number of fused-ring (bicyclic) bond motifs is 2. The topological polar surface area (TPSA) is 83.5 Å². The van der Waals surface area contributed by atoms with Crippen molar-refractivity contribution in [1.29, 1.82) is 0 Å². The van der Waals surface area contributed by atoms with E-state index in [1.165, 1.54) is 0 Å². The Balaban J connectivity index is 1.50. The third-order valence-electron chi connectivity index (χ3n) is 5.24. The van der Waals surface area contributed by atoms with Gasteiger partial charge in [0.1, 0.15) is 17.2 Å². The standard InChI is InChI=1S/C20H21N7/c1-26-6-8-27(9-7-26)19-12-22-16-5-4-15(24-20(16)25-19)13-2-3-14-11-18(21)23-17(14)10-13/h2-5,10,12H,6-9,11H2,1H3,(H2,21,23). The second-order valence-corrected chi connectivity index (χ2v) is 7.18. The molecule has 0 atom stereocenters. The van der Waals surface area contributed by atoms with Gasteiger partial charge in [0, 0.05) is 38.2 Å². The Morgan fingerprint density at radius 1 is 1.00 bits per heavy atom. The first kappa shape index (κ1) is 16.1. The molecule has 7 heteroatoms. The molecule has 0 unspecified atom stereocenters. The Kier molecular flexibility index (Phi) is 3.75. The van der Waals surface area contributed by atoms with Crippen LogP contribution in [0, 0.1) is 0 Å². The number of anilines is 1. The third-order valence-corrected chi connectivity index (χ3v) is 5.24. The van der Waals surface area contributed by atoms with Crippen LogP contribution in [0.15, 0.2) is 41.5 Å². The molecule has 4 heterocycles. The van der Waals surface area contributed by atoms with Gasteiger partial charge in [-0.3, -0.25) is 0 Å². The molecule has 0 spiro atoms. The lowest BCUT2D eigenvalue weighted by Gasteiger charge is -2.32. The molecule has 0 aliphatic carbocycles. The van der Waals surface area contributed by atoms with Crippen molar-refractivity contribution >= 4 is 28.5 Å². The lowest BCUT2D eigenvalue weighted by molar-refractivity contribution is 0.312. The van der Waals surface area contributed by atoms with E-state index >= 15 is 0 Å². The summed E-state index contributed by atoms with van der Waals surface area (Å²) < 4.78 is 0. The zero-order valence-corrected chi connectivity index (χ0v) is 15.3. The van der Waals surface area contributed by atoms with Crippen molar-refractivity contribution < 1.29 is 0 Å². The minimum atomic E-state index is 0.663. The molecule has 2 aromatic heterocycles. The van der Waals surface area contributed by atoms with Gasteiger partial charge in [-0.25, -0.2) is 19.9 Å². The molecular formula is C20H21N7. The third kappa shape index (κ3) is 3.00. The lowest BCUT2D eigenvalue weighted by atomic mass is 10.1. The van der Waals surface area contributed by atoms with Crippen LogP contribution >= 0.6 is 0 Å². The maximum Gasteiger partial charge on any atom is 0.180 e. The van der Waals surface area contributed by atoms with Crippen LogP contribution in [0.2, 0.25) is 0 Å². The van der Waals surface area contributed by atoms with Crippen LogP contribution in [0.3, 0.4) is 0 Å². The molecule has 0 bridgehead atoms. The van der Waals surface area contributed by atoms with Crippen LogP contribution in [0.1, 0.15) is 5.56 Å². The molecule has 7 nitrogen and oxygen atoms in total. The number of nitrogens with zero attached hydrogens (tertiary/aromatic N) is 6. The molecule has 0 radical (unpaired) electrons. The summed E-state index contributed by atoms with van der Waals surface area (Å²) in [5, 5.41) is 0. The summed E-state index contributed by atoms with van der Waals surface area (Å²) in [5.41, 5.74) is 11.3. The fourth-order valence-electron chi connectivity index (χ4n) is 3.60. The Labute approximate surface area is 157 Å². The molecule has 1 saturated heterocycles. The molecule has 136 valence electrons. The van der Waals surface area contributed by atoms with E-state index in [9.17, 15) is 0 Å². The Bertz CT molecular complexity index is 1050. The average Bonchev–Trinajstić information content (AvgIpc) is 3.07. The quantitative estimate of drug-likeness (QED) is 0.753. The smallest absolute Gasteiger partial charge is 0.180 e. The van der Waals surface area contributed by atoms with Crippen LogP contribution < -0.4 is 10.6 Å². The molecule has 2 aliphatic rings. The molecule has 1 aromatic carbocycles. The first-order valence-corrected chi connectivity index (χ1v) is 9.19. The summed E-state index contributed by atoms with van der Waals surface area (Å²) >= 11 is 0. The molecule has 5 rings (SSSR count). The van der Waals surface area contributed by atoms with Crippen molar-refractivity contribution in [1.82, 2.24) is 19.9 Å². The Hall–Kier alpha value is -3.06. The zero-order chi connectivity index (χ0) is 18.4. The number of piperazine rings is 1. The number of nitrogens with two attached hydrogens (primary N) is 1. The number of benzene rings is 1. The Morgan fingerprint density at radius 3 is 2.70 bits per heavy atom. The number of hydrogen-bond donors (Lipinski definition) is 1. The first-order chi connectivity index (χ1) is 13.2. The highest BCUT2D eigenvalue weighted by molar-refractivity contribution is 5.91. The van der Waals surface area contributed by atoms with Gasteiger partial charge in [-0.2, -0.15) is 0 Å². The van der Waals surface area contributed by atoms with Gasteiger partial charge in [0.2, 0.25) is 0 Å². The van der Waals surface area contributed by atoms with E-state index in [-0.39, 0.29) is 0 Å². The first-order valence-electron chi connectivity index (χ1n) is 9.19. The summed E-state index contributed by atoms with van der Waals surface area (Å²) in [4.78, 5) is 23.1. The molecular weight excluding hydrogens is 338 g/mol. The molecule has 1 fully saturated rings. The van der Waals surface area contributed by atoms with E-state index in [1.807, 2.05) is 24.4 Å². The Morgan fingerprint density at radius 2 is 1.85 bits per heavy atom. The van der Waals surface area contributed by atoms with Crippen LogP contribution in [-0.4, -0.2) is 58.9 Å². The fraction of sp³-hybridized carbons (Fsp3) is 0.300. The summed E-state index contributed by atoms with van der Waals surface area (Å²) in [6.07, 6.45) is 2.57. The van der Waals surface area contributed by atoms with E-state index in [0.717, 1.165) is 66.4 Å².